The largest absolute Gasteiger partial charge is 0.453 e. The molecule has 4 nitrogen and oxygen atoms in total. The van der Waals surface area contributed by atoms with Gasteiger partial charge in [0, 0.05) is 12.6 Å². The Hall–Kier alpha value is -0.770. The molecule has 1 amide bonds. The van der Waals surface area contributed by atoms with Crippen LogP contribution in [0.25, 0.3) is 0 Å². The summed E-state index contributed by atoms with van der Waals surface area (Å²) < 4.78 is 4.76. The van der Waals surface area contributed by atoms with Gasteiger partial charge in [0.1, 0.15) is 0 Å². The van der Waals surface area contributed by atoms with E-state index in [2.05, 4.69) is 11.9 Å². The first-order valence-electron chi connectivity index (χ1n) is 5.22. The molecular formula is C10H20N2O2. The Bertz CT molecular complexity index is 189. The summed E-state index contributed by atoms with van der Waals surface area (Å²) in [5.41, 5.74) is 0. The second-order valence-electron chi connectivity index (χ2n) is 3.79. The van der Waals surface area contributed by atoms with E-state index in [4.69, 9.17) is 4.74 Å². The summed E-state index contributed by atoms with van der Waals surface area (Å²) in [6.07, 6.45) is 1.92. The molecule has 1 rings (SSSR count). The van der Waals surface area contributed by atoms with Gasteiger partial charge in [-0.05, 0) is 39.9 Å². The number of ether oxygens (including phenoxy) is 1. The predicted octanol–water partition coefficient (Wildman–Crippen LogP) is 1.17. The van der Waals surface area contributed by atoms with Crippen LogP contribution in [0.15, 0.2) is 0 Å². The van der Waals surface area contributed by atoms with Crippen LogP contribution in [0, 0.1) is 0 Å². The maximum absolute atomic E-state index is 11.4. The van der Waals surface area contributed by atoms with Crippen molar-refractivity contribution < 1.29 is 9.53 Å². The molecule has 0 atom stereocenters. The van der Waals surface area contributed by atoms with Gasteiger partial charge in [-0.2, -0.15) is 0 Å². The summed E-state index contributed by atoms with van der Waals surface area (Å²) in [4.78, 5) is 15.5. The van der Waals surface area contributed by atoms with E-state index < -0.39 is 0 Å². The average molecular weight is 200 g/mol. The van der Waals surface area contributed by atoms with Crippen LogP contribution < -0.4 is 0 Å². The van der Waals surface area contributed by atoms with Gasteiger partial charge < -0.3 is 14.5 Å². The van der Waals surface area contributed by atoms with Crippen molar-refractivity contribution in [2.75, 3.05) is 33.8 Å². The molecule has 0 radical (unpaired) electrons. The highest BCUT2D eigenvalue weighted by Crippen LogP contribution is 2.15. The van der Waals surface area contributed by atoms with Crippen LogP contribution >= 0.6 is 0 Å². The van der Waals surface area contributed by atoms with Crippen molar-refractivity contribution >= 4 is 6.09 Å². The van der Waals surface area contributed by atoms with Crippen LogP contribution in [-0.2, 0) is 4.74 Å². The highest BCUT2D eigenvalue weighted by Gasteiger charge is 2.25. The topological polar surface area (TPSA) is 32.8 Å². The maximum atomic E-state index is 11.4. The van der Waals surface area contributed by atoms with Gasteiger partial charge in [0.2, 0.25) is 0 Å². The smallest absolute Gasteiger partial charge is 0.409 e. The Morgan fingerprint density at radius 3 is 2.50 bits per heavy atom. The van der Waals surface area contributed by atoms with Crippen LogP contribution in [-0.4, -0.2) is 55.7 Å². The molecule has 1 heterocycles. The van der Waals surface area contributed by atoms with Crippen LogP contribution in [0.4, 0.5) is 4.79 Å². The zero-order valence-electron chi connectivity index (χ0n) is 9.32. The number of piperidine rings is 1. The molecule has 1 saturated heterocycles. The third-order valence-electron chi connectivity index (χ3n) is 2.88. The molecule has 0 bridgehead atoms. The van der Waals surface area contributed by atoms with Crippen LogP contribution in [0.1, 0.15) is 19.8 Å². The van der Waals surface area contributed by atoms with E-state index in [0.29, 0.717) is 6.04 Å². The van der Waals surface area contributed by atoms with Crippen molar-refractivity contribution in [2.24, 2.45) is 0 Å². The second kappa shape index (κ2) is 5.20. The minimum absolute atomic E-state index is 0.193. The Balaban J connectivity index is 2.48. The molecule has 4 heteroatoms. The van der Waals surface area contributed by atoms with Crippen molar-refractivity contribution in [3.63, 3.8) is 0 Å². The average Bonchev–Trinajstić information content (AvgIpc) is 2.21. The van der Waals surface area contributed by atoms with E-state index in [1.54, 1.807) is 0 Å². The maximum Gasteiger partial charge on any atom is 0.409 e. The van der Waals surface area contributed by atoms with E-state index in [1.165, 1.54) is 7.11 Å². The van der Waals surface area contributed by atoms with E-state index in [9.17, 15) is 4.79 Å². The molecule has 14 heavy (non-hydrogen) atoms. The summed E-state index contributed by atoms with van der Waals surface area (Å²) in [6.45, 7) is 4.87. The number of rotatable bonds is 2. The molecular weight excluding hydrogens is 180 g/mol. The fraction of sp³-hybridized carbons (Fsp3) is 0.900. The van der Waals surface area contributed by atoms with E-state index in [0.717, 1.165) is 32.5 Å². The molecule has 0 spiro atoms. The first-order valence-corrected chi connectivity index (χ1v) is 5.22. The van der Waals surface area contributed by atoms with Gasteiger partial charge >= 0.3 is 6.09 Å². The fourth-order valence-corrected chi connectivity index (χ4v) is 1.96. The highest BCUT2D eigenvalue weighted by molar-refractivity contribution is 5.67. The van der Waals surface area contributed by atoms with Crippen molar-refractivity contribution in [3.05, 3.63) is 0 Å². The lowest BCUT2D eigenvalue weighted by Gasteiger charge is -2.35. The number of carbonyl (C=O) groups is 1. The third-order valence-corrected chi connectivity index (χ3v) is 2.88. The highest BCUT2D eigenvalue weighted by atomic mass is 16.5. The second-order valence-corrected chi connectivity index (χ2v) is 3.79. The van der Waals surface area contributed by atoms with E-state index in [-0.39, 0.29) is 6.09 Å². The molecule has 82 valence electrons. The molecule has 0 aromatic rings. The minimum Gasteiger partial charge on any atom is -0.453 e. The molecule has 1 aliphatic heterocycles. The summed E-state index contributed by atoms with van der Waals surface area (Å²) >= 11 is 0. The minimum atomic E-state index is -0.193. The third kappa shape index (κ3) is 2.61. The Labute approximate surface area is 85.8 Å². The molecule has 0 aromatic heterocycles. The van der Waals surface area contributed by atoms with Gasteiger partial charge in [0.15, 0.2) is 0 Å². The van der Waals surface area contributed by atoms with Crippen molar-refractivity contribution in [2.45, 2.75) is 25.8 Å². The first kappa shape index (κ1) is 11.3. The summed E-state index contributed by atoms with van der Waals surface area (Å²) in [5.74, 6) is 0. The molecule has 0 aromatic carbocycles. The summed E-state index contributed by atoms with van der Waals surface area (Å²) in [5, 5.41) is 0. The van der Waals surface area contributed by atoms with Gasteiger partial charge in [-0.25, -0.2) is 4.79 Å². The number of amides is 1. The number of likely N-dealkylation sites (tertiary alicyclic amines) is 1. The zero-order chi connectivity index (χ0) is 10.6. The molecule has 1 fully saturated rings. The standard InChI is InChI=1S/C10H20N2O2/c1-4-12(10(13)14-3)9-5-7-11(2)8-6-9/h9H,4-8H2,1-3H3. The number of carbonyl (C=O) groups excluding carboxylic acids is 1. The van der Waals surface area contributed by atoms with Gasteiger partial charge in [0.05, 0.1) is 7.11 Å². The quantitative estimate of drug-likeness (QED) is 0.670. The lowest BCUT2D eigenvalue weighted by molar-refractivity contribution is 0.0857. The lowest BCUT2D eigenvalue weighted by Crippen LogP contribution is -2.46. The van der Waals surface area contributed by atoms with Crippen molar-refractivity contribution in [3.8, 4) is 0 Å². The number of methoxy groups -OCH3 is 1. The zero-order valence-corrected chi connectivity index (χ0v) is 9.32. The number of nitrogens with zero attached hydrogens (tertiary/aromatic N) is 2. The van der Waals surface area contributed by atoms with E-state index in [1.807, 2.05) is 11.8 Å². The van der Waals surface area contributed by atoms with Crippen LogP contribution in [0.2, 0.25) is 0 Å². The Morgan fingerprint density at radius 1 is 1.50 bits per heavy atom. The van der Waals surface area contributed by atoms with Crippen molar-refractivity contribution in [1.82, 2.24) is 9.80 Å². The Kier molecular flexibility index (Phi) is 4.20. The van der Waals surface area contributed by atoms with Gasteiger partial charge in [-0.15, -0.1) is 0 Å². The normalized spacial score (nSPS) is 19.4. The molecule has 0 aliphatic carbocycles. The van der Waals surface area contributed by atoms with Gasteiger partial charge in [-0.1, -0.05) is 0 Å². The molecule has 0 saturated carbocycles. The molecule has 1 aliphatic rings. The first-order chi connectivity index (χ1) is 6.69. The van der Waals surface area contributed by atoms with Crippen molar-refractivity contribution in [1.29, 1.82) is 0 Å². The number of hydrogen-bond acceptors (Lipinski definition) is 3. The monoisotopic (exact) mass is 200 g/mol. The SMILES string of the molecule is CCN(C(=O)OC)C1CCN(C)CC1. The van der Waals surface area contributed by atoms with Gasteiger partial charge in [0.25, 0.3) is 0 Å². The summed E-state index contributed by atoms with van der Waals surface area (Å²) in [7, 11) is 3.56. The summed E-state index contributed by atoms with van der Waals surface area (Å²) in [6, 6.07) is 0.364. The van der Waals surface area contributed by atoms with E-state index >= 15 is 0 Å². The van der Waals surface area contributed by atoms with Gasteiger partial charge in [-0.3, -0.25) is 0 Å². The lowest BCUT2D eigenvalue weighted by atomic mass is 10.0. The molecule has 0 N–H and O–H groups in total. The molecule has 0 unspecified atom stereocenters. The van der Waals surface area contributed by atoms with Crippen LogP contribution in [0.3, 0.4) is 0 Å². The van der Waals surface area contributed by atoms with Crippen LogP contribution in [0.5, 0.6) is 0 Å². The predicted molar refractivity (Wildman–Crippen MR) is 55.3 cm³/mol. The number of hydrogen-bond donors (Lipinski definition) is 0. The fourth-order valence-electron chi connectivity index (χ4n) is 1.96. The Morgan fingerprint density at radius 2 is 2.07 bits per heavy atom.